The number of non-ortho nitro benzene ring substituents is 1. The third kappa shape index (κ3) is 7.13. The summed E-state index contributed by atoms with van der Waals surface area (Å²) >= 11 is 0. The number of anilines is 2. The molecule has 0 atom stereocenters. The van der Waals surface area contributed by atoms with Crippen molar-refractivity contribution in [1.29, 1.82) is 0 Å². The van der Waals surface area contributed by atoms with Gasteiger partial charge in [0.25, 0.3) is 11.6 Å². The topological polar surface area (TPSA) is 144 Å². The van der Waals surface area contributed by atoms with Crippen molar-refractivity contribution in [3.8, 4) is 5.75 Å². The number of hydrogen-bond donors (Lipinski definition) is 1. The average Bonchev–Trinajstić information content (AvgIpc) is 2.83. The second-order valence-corrected chi connectivity index (χ2v) is 9.50. The largest absolute Gasteiger partial charge is 0.494 e. The van der Waals surface area contributed by atoms with Crippen molar-refractivity contribution in [2.24, 2.45) is 5.10 Å². The van der Waals surface area contributed by atoms with Gasteiger partial charge in [-0.05, 0) is 37.3 Å². The molecule has 35 heavy (non-hydrogen) atoms. The zero-order chi connectivity index (χ0) is 25.4. The Kier molecular flexibility index (Phi) is 8.60. The van der Waals surface area contributed by atoms with E-state index in [2.05, 4.69) is 10.5 Å². The highest BCUT2D eigenvalue weighted by Gasteiger charge is 2.21. The molecule has 1 N–H and O–H groups in total. The monoisotopic (exact) mass is 505 g/mol. The minimum Gasteiger partial charge on any atom is -0.494 e. The van der Waals surface area contributed by atoms with E-state index < -0.39 is 27.4 Å². The number of rotatable bonds is 10. The van der Waals surface area contributed by atoms with Gasteiger partial charge in [-0.1, -0.05) is 0 Å². The van der Waals surface area contributed by atoms with Crippen LogP contribution in [0, 0.1) is 10.1 Å². The van der Waals surface area contributed by atoms with E-state index in [-0.39, 0.29) is 5.69 Å². The van der Waals surface area contributed by atoms with Gasteiger partial charge in [-0.15, -0.1) is 0 Å². The maximum absolute atomic E-state index is 12.5. The SMILES string of the molecule is CCOc1ccc(N(CC(=O)N/N=C\c2cc([N+](=O)[O-])ccc2N2CCOCC2)S(C)(=O)=O)cc1. The van der Waals surface area contributed by atoms with Gasteiger partial charge >= 0.3 is 0 Å². The predicted molar refractivity (Wildman–Crippen MR) is 132 cm³/mol. The lowest BCUT2D eigenvalue weighted by Crippen LogP contribution is -2.39. The average molecular weight is 506 g/mol. The number of hydrogen-bond acceptors (Lipinski definition) is 9. The maximum atomic E-state index is 12.5. The van der Waals surface area contributed by atoms with E-state index in [1.165, 1.54) is 18.3 Å². The Morgan fingerprint density at radius 2 is 1.94 bits per heavy atom. The molecule has 3 rings (SSSR count). The molecule has 188 valence electrons. The van der Waals surface area contributed by atoms with Crippen molar-refractivity contribution >= 4 is 39.2 Å². The number of sulfonamides is 1. The van der Waals surface area contributed by atoms with Crippen molar-refractivity contribution in [3.63, 3.8) is 0 Å². The van der Waals surface area contributed by atoms with E-state index in [9.17, 15) is 23.3 Å². The van der Waals surface area contributed by atoms with Crippen LogP contribution >= 0.6 is 0 Å². The van der Waals surface area contributed by atoms with Crippen LogP contribution in [0.15, 0.2) is 47.6 Å². The predicted octanol–water partition coefficient (Wildman–Crippen LogP) is 1.75. The first kappa shape index (κ1) is 25.9. The standard InChI is InChI=1S/C22H27N5O7S/c1-3-34-20-7-4-18(5-8-20)26(35(2,31)32)16-22(28)24-23-15-17-14-19(27(29)30)6-9-21(17)25-10-12-33-13-11-25/h4-9,14-15H,3,10-13,16H2,1-2H3,(H,24,28)/b23-15-. The molecule has 1 aliphatic heterocycles. The van der Waals surface area contributed by atoms with Gasteiger partial charge in [0, 0.05) is 36.5 Å². The van der Waals surface area contributed by atoms with Gasteiger partial charge in [0.15, 0.2) is 0 Å². The number of ether oxygens (including phenoxy) is 2. The normalized spacial score (nSPS) is 14.1. The summed E-state index contributed by atoms with van der Waals surface area (Å²) in [6.07, 6.45) is 2.30. The number of nitro groups is 1. The number of hydrazone groups is 1. The van der Waals surface area contributed by atoms with Gasteiger partial charge in [-0.2, -0.15) is 5.10 Å². The summed E-state index contributed by atoms with van der Waals surface area (Å²) in [6, 6.07) is 10.7. The number of carbonyl (C=O) groups excluding carboxylic acids is 1. The Hall–Kier alpha value is -3.71. The van der Waals surface area contributed by atoms with Crippen molar-refractivity contribution in [2.45, 2.75) is 6.92 Å². The molecule has 1 saturated heterocycles. The molecule has 1 amide bonds. The van der Waals surface area contributed by atoms with Crippen molar-refractivity contribution in [2.75, 3.05) is 54.9 Å². The van der Waals surface area contributed by atoms with Crippen molar-refractivity contribution in [1.82, 2.24) is 5.43 Å². The third-order valence-electron chi connectivity index (χ3n) is 5.09. The summed E-state index contributed by atoms with van der Waals surface area (Å²) in [5.41, 5.74) is 3.63. The number of benzene rings is 2. The fourth-order valence-corrected chi connectivity index (χ4v) is 4.32. The van der Waals surface area contributed by atoms with Crippen LogP contribution in [0.4, 0.5) is 17.1 Å². The smallest absolute Gasteiger partial charge is 0.270 e. The summed E-state index contributed by atoms with van der Waals surface area (Å²) in [6.45, 7) is 4.06. The number of nitrogens with one attached hydrogen (secondary N) is 1. The lowest BCUT2D eigenvalue weighted by molar-refractivity contribution is -0.384. The lowest BCUT2D eigenvalue weighted by atomic mass is 10.1. The Morgan fingerprint density at radius 1 is 1.26 bits per heavy atom. The van der Waals surface area contributed by atoms with Crippen molar-refractivity contribution in [3.05, 3.63) is 58.1 Å². The fourth-order valence-electron chi connectivity index (χ4n) is 3.47. The molecule has 0 saturated carbocycles. The van der Waals surface area contributed by atoms with Crippen LogP contribution in [-0.2, 0) is 19.6 Å². The summed E-state index contributed by atoms with van der Waals surface area (Å²) < 4.78 is 36.2. The van der Waals surface area contributed by atoms with Crippen LogP contribution < -0.4 is 19.4 Å². The molecular weight excluding hydrogens is 478 g/mol. The molecule has 12 nitrogen and oxygen atoms in total. The molecule has 2 aromatic rings. The van der Waals surface area contributed by atoms with Gasteiger partial charge < -0.3 is 14.4 Å². The summed E-state index contributed by atoms with van der Waals surface area (Å²) in [5.74, 6) is -0.106. The highest BCUT2D eigenvalue weighted by atomic mass is 32.2. The molecule has 1 fully saturated rings. The molecule has 0 aliphatic carbocycles. The Bertz CT molecular complexity index is 1180. The molecule has 0 aromatic heterocycles. The molecule has 1 heterocycles. The molecule has 0 spiro atoms. The fraction of sp³-hybridized carbons (Fsp3) is 0.364. The number of morpholine rings is 1. The lowest BCUT2D eigenvalue weighted by Gasteiger charge is -2.29. The summed E-state index contributed by atoms with van der Waals surface area (Å²) in [5, 5.41) is 15.1. The first-order chi connectivity index (χ1) is 16.7. The second kappa shape index (κ2) is 11.6. The number of carbonyl (C=O) groups is 1. The Morgan fingerprint density at radius 3 is 2.54 bits per heavy atom. The van der Waals surface area contributed by atoms with Crippen LogP contribution in [0.5, 0.6) is 5.75 Å². The minimum absolute atomic E-state index is 0.117. The van der Waals surface area contributed by atoms with Crippen LogP contribution in [0.2, 0.25) is 0 Å². The van der Waals surface area contributed by atoms with E-state index in [1.807, 2.05) is 11.8 Å². The van der Waals surface area contributed by atoms with Crippen LogP contribution in [-0.4, -0.2) is 71.2 Å². The van der Waals surface area contributed by atoms with E-state index in [0.29, 0.717) is 55.6 Å². The van der Waals surface area contributed by atoms with Gasteiger partial charge in [0.05, 0.1) is 42.9 Å². The van der Waals surface area contributed by atoms with E-state index >= 15 is 0 Å². The van der Waals surface area contributed by atoms with E-state index in [1.54, 1.807) is 30.3 Å². The molecule has 0 radical (unpaired) electrons. The van der Waals surface area contributed by atoms with Gasteiger partial charge in [-0.3, -0.25) is 19.2 Å². The molecule has 13 heteroatoms. The van der Waals surface area contributed by atoms with E-state index in [4.69, 9.17) is 9.47 Å². The van der Waals surface area contributed by atoms with Gasteiger partial charge in [0.2, 0.25) is 10.0 Å². The molecule has 1 aliphatic rings. The number of nitro benzene ring substituents is 1. The first-order valence-electron chi connectivity index (χ1n) is 10.8. The summed E-state index contributed by atoms with van der Waals surface area (Å²) in [4.78, 5) is 25.2. The highest BCUT2D eigenvalue weighted by Crippen LogP contribution is 2.25. The van der Waals surface area contributed by atoms with Gasteiger partial charge in [-0.25, -0.2) is 13.8 Å². The maximum Gasteiger partial charge on any atom is 0.270 e. The number of nitrogens with zero attached hydrogens (tertiary/aromatic N) is 4. The highest BCUT2D eigenvalue weighted by molar-refractivity contribution is 7.92. The van der Waals surface area contributed by atoms with Crippen LogP contribution in [0.25, 0.3) is 0 Å². The first-order valence-corrected chi connectivity index (χ1v) is 12.7. The second-order valence-electron chi connectivity index (χ2n) is 7.59. The van der Waals surface area contributed by atoms with Crippen molar-refractivity contribution < 1.29 is 27.6 Å². The van der Waals surface area contributed by atoms with Gasteiger partial charge in [0.1, 0.15) is 12.3 Å². The molecule has 0 unspecified atom stereocenters. The molecule has 0 bridgehead atoms. The molecule has 2 aromatic carbocycles. The summed E-state index contributed by atoms with van der Waals surface area (Å²) in [7, 11) is -3.77. The van der Waals surface area contributed by atoms with Crippen LogP contribution in [0.3, 0.4) is 0 Å². The Labute approximate surface area is 203 Å². The van der Waals surface area contributed by atoms with Crippen LogP contribution in [0.1, 0.15) is 12.5 Å². The zero-order valence-corrected chi connectivity index (χ0v) is 20.2. The third-order valence-corrected chi connectivity index (χ3v) is 6.23. The number of amides is 1. The minimum atomic E-state index is -3.77. The Balaban J connectivity index is 1.74. The quantitative estimate of drug-likeness (QED) is 0.292. The van der Waals surface area contributed by atoms with E-state index in [0.717, 1.165) is 10.6 Å². The zero-order valence-electron chi connectivity index (χ0n) is 19.4. The molecular formula is C22H27N5O7S.